The maximum Gasteiger partial charge on any atom is 0.264 e. The smallest absolute Gasteiger partial charge is 0.264 e. The summed E-state index contributed by atoms with van der Waals surface area (Å²) in [5, 5.41) is 3.08. The summed E-state index contributed by atoms with van der Waals surface area (Å²) in [6, 6.07) is 10.4. The second-order valence-electron chi connectivity index (χ2n) is 8.89. The van der Waals surface area contributed by atoms with Crippen molar-refractivity contribution in [3.05, 3.63) is 56.7 Å². The summed E-state index contributed by atoms with van der Waals surface area (Å²) in [6.45, 7) is 5.37. The van der Waals surface area contributed by atoms with Gasteiger partial charge in [0.2, 0.25) is 0 Å². The van der Waals surface area contributed by atoms with Crippen LogP contribution < -0.4 is 0 Å². The number of benzene rings is 1. The van der Waals surface area contributed by atoms with Crippen molar-refractivity contribution < 1.29 is 13.0 Å². The van der Waals surface area contributed by atoms with Gasteiger partial charge in [-0.2, -0.15) is 8.42 Å². The van der Waals surface area contributed by atoms with E-state index in [-0.39, 0.29) is 5.75 Å². The van der Waals surface area contributed by atoms with Crippen molar-refractivity contribution in [3.63, 3.8) is 0 Å². The lowest BCUT2D eigenvalue weighted by Gasteiger charge is -2.27. The second-order valence-corrected chi connectivity index (χ2v) is 11.9. The molecule has 0 saturated heterocycles. The van der Waals surface area contributed by atoms with Gasteiger partial charge in [-0.05, 0) is 41.5 Å². The average molecular weight is 514 g/mol. The molecular weight excluding hydrogens is 474 g/mol. The minimum Gasteiger partial charge on any atom is -0.294 e. The van der Waals surface area contributed by atoms with Gasteiger partial charge >= 0.3 is 0 Å². The average Bonchev–Trinajstić information content (AvgIpc) is 3.24. The zero-order valence-corrected chi connectivity index (χ0v) is 22.4. The first-order valence-corrected chi connectivity index (χ1v) is 15.2. The van der Waals surface area contributed by atoms with Crippen LogP contribution in [0, 0.1) is 0 Å². The van der Waals surface area contributed by atoms with Crippen LogP contribution in [0.1, 0.15) is 87.1 Å². The first kappa shape index (κ1) is 28.3. The van der Waals surface area contributed by atoms with Crippen LogP contribution in [0.25, 0.3) is 0 Å². The van der Waals surface area contributed by atoms with E-state index in [4.69, 9.17) is 16.2 Å². The highest BCUT2D eigenvalue weighted by molar-refractivity contribution is 7.85. The summed E-state index contributed by atoms with van der Waals surface area (Å²) >= 11 is 8.08. The first-order chi connectivity index (χ1) is 15.9. The normalized spacial score (nSPS) is 13.9. The van der Waals surface area contributed by atoms with Gasteiger partial charge in [0.15, 0.2) is 0 Å². The Labute approximate surface area is 210 Å². The maximum absolute atomic E-state index is 10.4. The summed E-state index contributed by atoms with van der Waals surface area (Å²) in [5.41, 5.74) is 2.72. The molecule has 1 aliphatic heterocycles. The molecule has 0 aliphatic carbocycles. The third-order valence-corrected chi connectivity index (χ3v) is 8.19. The van der Waals surface area contributed by atoms with Gasteiger partial charge in [0.1, 0.15) is 0 Å². The highest BCUT2D eigenvalue weighted by Gasteiger charge is 2.17. The molecule has 0 saturated carbocycles. The minimum atomic E-state index is -3.73. The van der Waals surface area contributed by atoms with Gasteiger partial charge in [0.25, 0.3) is 10.1 Å². The van der Waals surface area contributed by atoms with Crippen LogP contribution in [0.2, 0.25) is 5.02 Å². The van der Waals surface area contributed by atoms with E-state index in [1.165, 1.54) is 62.5 Å². The molecule has 0 atom stereocenters. The molecule has 0 amide bonds. The molecular formula is C26H40ClNO3S2. The van der Waals surface area contributed by atoms with Crippen molar-refractivity contribution in [3.8, 4) is 0 Å². The van der Waals surface area contributed by atoms with Crippen molar-refractivity contribution in [2.75, 3.05) is 12.3 Å². The predicted octanol–water partition coefficient (Wildman–Crippen LogP) is 7.75. The summed E-state index contributed by atoms with van der Waals surface area (Å²) in [4.78, 5) is 4.02. The second kappa shape index (κ2) is 15.9. The van der Waals surface area contributed by atoms with E-state index in [1.807, 2.05) is 23.5 Å². The monoisotopic (exact) mass is 513 g/mol. The van der Waals surface area contributed by atoms with Gasteiger partial charge in [0.05, 0.1) is 5.75 Å². The largest absolute Gasteiger partial charge is 0.294 e. The molecule has 0 fully saturated rings. The first-order valence-electron chi connectivity index (χ1n) is 12.3. The van der Waals surface area contributed by atoms with Gasteiger partial charge in [-0.3, -0.25) is 9.45 Å². The van der Waals surface area contributed by atoms with Crippen LogP contribution in [0.4, 0.5) is 0 Å². The predicted molar refractivity (Wildman–Crippen MR) is 142 cm³/mol. The van der Waals surface area contributed by atoms with Crippen molar-refractivity contribution in [2.45, 2.75) is 90.6 Å². The van der Waals surface area contributed by atoms with Crippen LogP contribution in [0.15, 0.2) is 35.7 Å². The van der Waals surface area contributed by atoms with Gasteiger partial charge < -0.3 is 0 Å². The Morgan fingerprint density at radius 2 is 1.61 bits per heavy atom. The zero-order valence-electron chi connectivity index (χ0n) is 20.0. The highest BCUT2D eigenvalue weighted by atomic mass is 35.5. The van der Waals surface area contributed by atoms with Gasteiger partial charge in [0, 0.05) is 29.5 Å². The number of fused-ring (bicyclic) bond motifs is 1. The highest BCUT2D eigenvalue weighted by Crippen LogP contribution is 2.26. The molecule has 0 bridgehead atoms. The number of hydrogen-bond acceptors (Lipinski definition) is 4. The third-order valence-electron chi connectivity index (χ3n) is 5.99. The van der Waals surface area contributed by atoms with Crippen LogP contribution in [-0.4, -0.2) is 30.2 Å². The van der Waals surface area contributed by atoms with Gasteiger partial charge in [-0.1, -0.05) is 94.5 Å². The van der Waals surface area contributed by atoms with Gasteiger partial charge in [-0.25, -0.2) is 0 Å². The van der Waals surface area contributed by atoms with Crippen molar-refractivity contribution in [2.24, 2.45) is 0 Å². The fourth-order valence-corrected chi connectivity index (χ4v) is 5.74. The third kappa shape index (κ3) is 12.4. The number of rotatable bonds is 13. The number of thiophene rings is 1. The lowest BCUT2D eigenvalue weighted by atomic mass is 10.1. The molecule has 3 rings (SSSR count). The summed E-state index contributed by atoms with van der Waals surface area (Å²) in [7, 11) is -3.73. The van der Waals surface area contributed by atoms with Crippen molar-refractivity contribution in [1.82, 2.24) is 4.90 Å². The summed E-state index contributed by atoms with van der Waals surface area (Å²) < 4.78 is 29.4. The fraction of sp³-hybridized carbons (Fsp3) is 0.615. The van der Waals surface area contributed by atoms with Crippen LogP contribution in [0.3, 0.4) is 0 Å². The summed E-state index contributed by atoms with van der Waals surface area (Å²) in [5.74, 6) is -0.0799. The van der Waals surface area contributed by atoms with E-state index >= 15 is 0 Å². The van der Waals surface area contributed by atoms with E-state index in [9.17, 15) is 8.42 Å². The van der Waals surface area contributed by atoms with Crippen molar-refractivity contribution in [1.29, 1.82) is 0 Å². The Kier molecular flexibility index (Phi) is 13.6. The fourth-order valence-electron chi connectivity index (χ4n) is 4.08. The molecule has 0 radical (unpaired) electrons. The Morgan fingerprint density at radius 1 is 0.970 bits per heavy atom. The Balaban J connectivity index is 0.000000235. The lowest BCUT2D eigenvalue weighted by Crippen LogP contribution is -2.29. The topological polar surface area (TPSA) is 57.6 Å². The molecule has 2 heterocycles. The maximum atomic E-state index is 10.4. The minimum absolute atomic E-state index is 0.0799. The molecule has 33 heavy (non-hydrogen) atoms. The standard InChI is InChI=1S/C14H14ClNS.C12H26O3S/c15-13-4-2-1-3-11(13)9-16-7-5-14-12(10-16)6-8-17-14;1-2-3-4-5-6-7-8-9-10-11-12-16(13,14)15/h1-4,6,8H,5,7,9-10H2;2-12H2,1H3,(H,13,14,15). The Bertz CT molecular complexity index is 898. The van der Waals surface area contributed by atoms with Gasteiger partial charge in [-0.15, -0.1) is 11.3 Å². The molecule has 1 aromatic carbocycles. The molecule has 2 aromatic rings. The molecule has 0 unspecified atom stereocenters. The molecule has 1 N–H and O–H groups in total. The van der Waals surface area contributed by atoms with Crippen molar-refractivity contribution >= 4 is 33.1 Å². The van der Waals surface area contributed by atoms with E-state index in [2.05, 4.69) is 35.4 Å². The molecule has 4 nitrogen and oxygen atoms in total. The van der Waals surface area contributed by atoms with E-state index in [1.54, 1.807) is 4.88 Å². The Morgan fingerprint density at radius 3 is 2.24 bits per heavy atom. The van der Waals surface area contributed by atoms with Crippen LogP contribution in [-0.2, 0) is 29.6 Å². The van der Waals surface area contributed by atoms with E-state index in [0.717, 1.165) is 37.5 Å². The SMILES string of the molecule is CCCCCCCCCCCCS(=O)(=O)O.Clc1ccccc1CN1CCc2sccc2C1. The lowest BCUT2D eigenvalue weighted by molar-refractivity contribution is 0.247. The molecule has 7 heteroatoms. The van der Waals surface area contributed by atoms with E-state index in [0.29, 0.717) is 6.42 Å². The quantitative estimate of drug-likeness (QED) is 0.219. The molecule has 1 aliphatic rings. The van der Waals surface area contributed by atoms with Crippen LogP contribution >= 0.6 is 22.9 Å². The zero-order chi connectivity index (χ0) is 23.9. The van der Waals surface area contributed by atoms with Crippen LogP contribution in [0.5, 0.6) is 0 Å². The Hall–Kier alpha value is -0.920. The molecule has 1 aromatic heterocycles. The molecule has 186 valence electrons. The molecule has 0 spiro atoms. The summed E-state index contributed by atoms with van der Waals surface area (Å²) in [6.07, 6.45) is 12.8. The van der Waals surface area contributed by atoms with E-state index < -0.39 is 10.1 Å². The number of nitrogens with zero attached hydrogens (tertiary/aromatic N) is 1. The number of hydrogen-bond donors (Lipinski definition) is 1. The number of unbranched alkanes of at least 4 members (excludes halogenated alkanes) is 9. The number of halogens is 1.